The van der Waals surface area contributed by atoms with Crippen LogP contribution in [0.1, 0.15) is 40.5 Å². The molecule has 2 nitrogen and oxygen atoms in total. The van der Waals surface area contributed by atoms with Crippen molar-refractivity contribution < 1.29 is 4.74 Å². The SMILES string of the molecule is CC(C)C1C[C@H](C)C[C@@H](N)[C@H](C)O1. The van der Waals surface area contributed by atoms with Crippen molar-refractivity contribution in [3.63, 3.8) is 0 Å². The molecule has 1 heterocycles. The summed E-state index contributed by atoms with van der Waals surface area (Å²) in [4.78, 5) is 0. The standard InChI is InChI=1S/C11H23NO/c1-7(2)11-6-8(3)5-10(12)9(4)13-11/h7-11H,5-6,12H2,1-4H3/t8-,9+,10-,11?/m1/s1. The number of nitrogens with two attached hydrogens (primary N) is 1. The average Bonchev–Trinajstić information content (AvgIpc) is 2.12. The molecule has 78 valence electrons. The maximum Gasteiger partial charge on any atom is 0.0701 e. The molecule has 0 amide bonds. The van der Waals surface area contributed by atoms with Crippen LogP contribution in [0.4, 0.5) is 0 Å². The minimum absolute atomic E-state index is 0.220. The Hall–Kier alpha value is -0.0800. The van der Waals surface area contributed by atoms with Crippen molar-refractivity contribution in [3.05, 3.63) is 0 Å². The van der Waals surface area contributed by atoms with E-state index in [0.717, 1.165) is 12.8 Å². The van der Waals surface area contributed by atoms with Crippen LogP contribution < -0.4 is 5.73 Å². The van der Waals surface area contributed by atoms with E-state index in [1.807, 2.05) is 0 Å². The van der Waals surface area contributed by atoms with E-state index in [1.165, 1.54) is 0 Å². The highest BCUT2D eigenvalue weighted by molar-refractivity contribution is 4.80. The summed E-state index contributed by atoms with van der Waals surface area (Å²) in [6.07, 6.45) is 2.89. The molecule has 2 N–H and O–H groups in total. The van der Waals surface area contributed by atoms with Crippen molar-refractivity contribution >= 4 is 0 Å². The highest BCUT2D eigenvalue weighted by Gasteiger charge is 2.28. The van der Waals surface area contributed by atoms with E-state index >= 15 is 0 Å². The Morgan fingerprint density at radius 2 is 1.85 bits per heavy atom. The molecule has 0 aliphatic carbocycles. The predicted molar refractivity (Wildman–Crippen MR) is 55.5 cm³/mol. The maximum atomic E-state index is 6.01. The second-order valence-corrected chi connectivity index (χ2v) is 4.86. The molecule has 0 bridgehead atoms. The summed E-state index contributed by atoms with van der Waals surface area (Å²) >= 11 is 0. The van der Waals surface area contributed by atoms with E-state index in [9.17, 15) is 0 Å². The van der Waals surface area contributed by atoms with Crippen molar-refractivity contribution in [2.24, 2.45) is 17.6 Å². The van der Waals surface area contributed by atoms with Crippen LogP contribution in [0.3, 0.4) is 0 Å². The topological polar surface area (TPSA) is 35.2 Å². The van der Waals surface area contributed by atoms with Crippen LogP contribution in [0.2, 0.25) is 0 Å². The first-order valence-corrected chi connectivity index (χ1v) is 5.41. The zero-order valence-electron chi connectivity index (χ0n) is 9.29. The molecule has 1 fully saturated rings. The molecule has 4 atom stereocenters. The predicted octanol–water partition coefficient (Wildman–Crippen LogP) is 2.17. The van der Waals surface area contributed by atoms with Crippen LogP contribution in [-0.2, 0) is 4.74 Å². The maximum absolute atomic E-state index is 6.01. The molecule has 1 saturated heterocycles. The smallest absolute Gasteiger partial charge is 0.0701 e. The third-order valence-electron chi connectivity index (χ3n) is 3.05. The minimum Gasteiger partial charge on any atom is -0.373 e. The molecular formula is C11H23NO. The van der Waals surface area contributed by atoms with Gasteiger partial charge in [-0.3, -0.25) is 0 Å². The van der Waals surface area contributed by atoms with Crippen molar-refractivity contribution in [2.75, 3.05) is 0 Å². The molecule has 0 aromatic carbocycles. The summed E-state index contributed by atoms with van der Waals surface area (Å²) in [7, 11) is 0. The van der Waals surface area contributed by atoms with Crippen LogP contribution in [0.25, 0.3) is 0 Å². The summed E-state index contributed by atoms with van der Waals surface area (Å²) < 4.78 is 5.93. The van der Waals surface area contributed by atoms with Gasteiger partial charge in [-0.2, -0.15) is 0 Å². The van der Waals surface area contributed by atoms with Crippen molar-refractivity contribution in [2.45, 2.75) is 58.8 Å². The summed E-state index contributed by atoms with van der Waals surface area (Å²) in [5.74, 6) is 1.31. The molecule has 0 radical (unpaired) electrons. The third-order valence-corrected chi connectivity index (χ3v) is 3.05. The highest BCUT2D eigenvalue weighted by Crippen LogP contribution is 2.26. The quantitative estimate of drug-likeness (QED) is 0.679. The van der Waals surface area contributed by atoms with Crippen LogP contribution in [0, 0.1) is 11.8 Å². The van der Waals surface area contributed by atoms with E-state index in [2.05, 4.69) is 27.7 Å². The Bertz CT molecular complexity index is 158. The Balaban J connectivity index is 2.59. The van der Waals surface area contributed by atoms with Crippen LogP contribution in [0.5, 0.6) is 0 Å². The van der Waals surface area contributed by atoms with Gasteiger partial charge in [-0.1, -0.05) is 20.8 Å². The Morgan fingerprint density at radius 3 is 2.38 bits per heavy atom. The number of hydrogen-bond acceptors (Lipinski definition) is 2. The van der Waals surface area contributed by atoms with Gasteiger partial charge in [0.25, 0.3) is 0 Å². The molecule has 0 aromatic heterocycles. The van der Waals surface area contributed by atoms with Crippen molar-refractivity contribution in [1.82, 2.24) is 0 Å². The van der Waals surface area contributed by atoms with Gasteiger partial charge >= 0.3 is 0 Å². The summed E-state index contributed by atoms with van der Waals surface area (Å²) in [6, 6.07) is 0.221. The van der Waals surface area contributed by atoms with Crippen LogP contribution in [0.15, 0.2) is 0 Å². The summed E-state index contributed by atoms with van der Waals surface area (Å²) in [5.41, 5.74) is 6.01. The number of ether oxygens (including phenoxy) is 1. The fourth-order valence-electron chi connectivity index (χ4n) is 2.01. The molecular weight excluding hydrogens is 162 g/mol. The second kappa shape index (κ2) is 4.43. The van der Waals surface area contributed by atoms with Gasteiger partial charge in [0.15, 0.2) is 0 Å². The van der Waals surface area contributed by atoms with Gasteiger partial charge in [-0.25, -0.2) is 0 Å². The van der Waals surface area contributed by atoms with Gasteiger partial charge in [0.1, 0.15) is 0 Å². The Morgan fingerprint density at radius 1 is 1.23 bits per heavy atom. The van der Waals surface area contributed by atoms with Gasteiger partial charge in [-0.05, 0) is 31.6 Å². The lowest BCUT2D eigenvalue weighted by Gasteiger charge is -2.24. The van der Waals surface area contributed by atoms with Crippen molar-refractivity contribution in [1.29, 1.82) is 0 Å². The molecule has 13 heavy (non-hydrogen) atoms. The van der Waals surface area contributed by atoms with E-state index in [-0.39, 0.29) is 12.1 Å². The molecule has 1 unspecified atom stereocenters. The van der Waals surface area contributed by atoms with E-state index in [1.54, 1.807) is 0 Å². The highest BCUT2D eigenvalue weighted by atomic mass is 16.5. The zero-order chi connectivity index (χ0) is 10.0. The molecule has 0 aromatic rings. The minimum atomic E-state index is 0.220. The average molecular weight is 185 g/mol. The number of hydrogen-bond donors (Lipinski definition) is 1. The molecule has 1 rings (SSSR count). The van der Waals surface area contributed by atoms with E-state index < -0.39 is 0 Å². The van der Waals surface area contributed by atoms with Gasteiger partial charge in [0.05, 0.1) is 12.2 Å². The lowest BCUT2D eigenvalue weighted by molar-refractivity contribution is -0.0306. The van der Waals surface area contributed by atoms with Gasteiger partial charge in [0, 0.05) is 6.04 Å². The monoisotopic (exact) mass is 185 g/mol. The first-order valence-electron chi connectivity index (χ1n) is 5.41. The van der Waals surface area contributed by atoms with E-state index in [0.29, 0.717) is 17.9 Å². The molecule has 0 saturated carbocycles. The normalized spacial score (nSPS) is 42.0. The third kappa shape index (κ3) is 2.96. The number of rotatable bonds is 1. The summed E-state index contributed by atoms with van der Waals surface area (Å²) in [6.45, 7) is 8.82. The van der Waals surface area contributed by atoms with Crippen molar-refractivity contribution in [3.8, 4) is 0 Å². The zero-order valence-corrected chi connectivity index (χ0v) is 9.29. The summed E-state index contributed by atoms with van der Waals surface area (Å²) in [5, 5.41) is 0. The molecule has 0 spiro atoms. The van der Waals surface area contributed by atoms with Gasteiger partial charge in [0.2, 0.25) is 0 Å². The Labute approximate surface area is 81.8 Å². The molecule has 2 heteroatoms. The molecule has 1 aliphatic rings. The fraction of sp³-hybridized carbons (Fsp3) is 1.00. The van der Waals surface area contributed by atoms with Gasteiger partial charge < -0.3 is 10.5 Å². The molecule has 1 aliphatic heterocycles. The first kappa shape index (κ1) is 11.0. The van der Waals surface area contributed by atoms with Crippen LogP contribution in [-0.4, -0.2) is 18.2 Å². The lowest BCUT2D eigenvalue weighted by atomic mass is 9.93. The Kier molecular flexibility index (Phi) is 3.74. The van der Waals surface area contributed by atoms with Gasteiger partial charge in [-0.15, -0.1) is 0 Å². The lowest BCUT2D eigenvalue weighted by Crippen LogP contribution is -2.35. The van der Waals surface area contributed by atoms with E-state index in [4.69, 9.17) is 10.5 Å². The largest absolute Gasteiger partial charge is 0.373 e. The van der Waals surface area contributed by atoms with Crippen LogP contribution >= 0.6 is 0 Å². The fourth-order valence-corrected chi connectivity index (χ4v) is 2.01. The second-order valence-electron chi connectivity index (χ2n) is 4.86. The first-order chi connectivity index (χ1) is 6.00.